The maximum Gasteiger partial charge on any atom is 0.131 e. The second-order valence-corrected chi connectivity index (χ2v) is 9.15. The van der Waals surface area contributed by atoms with Crippen LogP contribution in [-0.4, -0.2) is 21.9 Å². The normalized spacial score (nSPS) is 53.7. The van der Waals surface area contributed by atoms with Gasteiger partial charge in [-0.25, -0.2) is 0 Å². The molecule has 2 nitrogen and oxygen atoms in total. The second kappa shape index (κ2) is 5.61. The number of hydrogen-bond acceptors (Lipinski definition) is 2. The number of rotatable bonds is 1. The lowest BCUT2D eigenvalue weighted by molar-refractivity contribution is -0.0984. The van der Waals surface area contributed by atoms with Gasteiger partial charge in [-0.05, 0) is 87.4 Å². The Labute approximate surface area is 146 Å². The molecule has 24 heavy (non-hydrogen) atoms. The van der Waals surface area contributed by atoms with Gasteiger partial charge in [-0.15, -0.1) is 6.42 Å². The summed E-state index contributed by atoms with van der Waals surface area (Å²) in [5, 5.41) is 21.3. The third-order valence-electron chi connectivity index (χ3n) is 8.56. The third-order valence-corrected chi connectivity index (χ3v) is 8.56. The highest BCUT2D eigenvalue weighted by atomic mass is 16.3. The molecule has 4 rings (SSSR count). The molecule has 8 atom stereocenters. The van der Waals surface area contributed by atoms with Crippen molar-refractivity contribution in [1.82, 2.24) is 0 Å². The maximum absolute atomic E-state index is 11.2. The highest BCUT2D eigenvalue weighted by Crippen LogP contribution is 2.67. The number of aliphatic hydroxyl groups is 2. The van der Waals surface area contributed by atoms with Gasteiger partial charge in [0.1, 0.15) is 5.60 Å². The van der Waals surface area contributed by atoms with Gasteiger partial charge in [0, 0.05) is 5.41 Å². The summed E-state index contributed by atoms with van der Waals surface area (Å²) in [5.74, 6) is 5.96. The number of aliphatic hydroxyl groups excluding tert-OH is 1. The van der Waals surface area contributed by atoms with E-state index in [1.165, 1.54) is 18.4 Å². The molecule has 0 unspecified atom stereocenters. The minimum absolute atomic E-state index is 0.0904. The van der Waals surface area contributed by atoms with Crippen LogP contribution in [0.15, 0.2) is 12.2 Å². The molecule has 0 aromatic carbocycles. The van der Waals surface area contributed by atoms with Crippen LogP contribution >= 0.6 is 0 Å². The number of fused-ring (bicyclic) bond motifs is 5. The fourth-order valence-electron chi connectivity index (χ4n) is 7.54. The van der Waals surface area contributed by atoms with E-state index in [2.05, 4.69) is 19.4 Å². The molecule has 4 aliphatic carbocycles. The van der Waals surface area contributed by atoms with Gasteiger partial charge in [0.15, 0.2) is 0 Å². The van der Waals surface area contributed by atoms with Gasteiger partial charge in [-0.3, -0.25) is 0 Å². The molecule has 0 aromatic heterocycles. The van der Waals surface area contributed by atoms with Gasteiger partial charge in [0.05, 0.1) is 6.10 Å². The van der Waals surface area contributed by atoms with Crippen molar-refractivity contribution in [3.8, 4) is 12.3 Å². The fraction of sp³-hybridized carbons (Fsp3) is 0.818. The molecule has 4 saturated carbocycles. The summed E-state index contributed by atoms with van der Waals surface area (Å²) in [6.45, 7) is 6.72. The van der Waals surface area contributed by atoms with Crippen LogP contribution in [0.25, 0.3) is 0 Å². The average Bonchev–Trinajstić information content (AvgIpc) is 2.88. The first-order valence-electron chi connectivity index (χ1n) is 10.0. The van der Waals surface area contributed by atoms with E-state index in [-0.39, 0.29) is 11.5 Å². The minimum Gasteiger partial charge on any atom is -0.393 e. The van der Waals surface area contributed by atoms with Crippen molar-refractivity contribution in [1.29, 1.82) is 0 Å². The predicted molar refractivity (Wildman–Crippen MR) is 96.0 cm³/mol. The monoisotopic (exact) mass is 328 g/mol. The lowest BCUT2D eigenvalue weighted by Gasteiger charge is -2.58. The molecule has 0 aliphatic heterocycles. The van der Waals surface area contributed by atoms with Crippen molar-refractivity contribution in [2.24, 2.45) is 35.0 Å². The van der Waals surface area contributed by atoms with Crippen molar-refractivity contribution in [2.75, 3.05) is 0 Å². The average molecular weight is 328 g/mol. The summed E-state index contributed by atoms with van der Waals surface area (Å²) in [7, 11) is 0. The van der Waals surface area contributed by atoms with E-state index in [1.54, 1.807) is 0 Å². The zero-order chi connectivity index (χ0) is 17.1. The van der Waals surface area contributed by atoms with E-state index in [1.807, 2.05) is 0 Å². The number of terminal acetylenes is 1. The first-order chi connectivity index (χ1) is 11.5. The van der Waals surface area contributed by atoms with E-state index in [4.69, 9.17) is 6.42 Å². The number of allylic oxidation sites excluding steroid dienone is 1. The molecule has 0 bridgehead atoms. The Kier molecular flexibility index (Phi) is 3.90. The quantitative estimate of drug-likeness (QED) is 0.566. The second-order valence-electron chi connectivity index (χ2n) is 9.15. The molecule has 2 heteroatoms. The molecule has 0 saturated heterocycles. The summed E-state index contributed by atoms with van der Waals surface area (Å²) in [6, 6.07) is 0. The highest BCUT2D eigenvalue weighted by Gasteiger charge is 2.64. The lowest BCUT2D eigenvalue weighted by Crippen LogP contribution is -2.55. The van der Waals surface area contributed by atoms with Crippen LogP contribution in [0.2, 0.25) is 0 Å². The van der Waals surface area contributed by atoms with E-state index in [0.29, 0.717) is 29.6 Å². The van der Waals surface area contributed by atoms with Gasteiger partial charge < -0.3 is 10.2 Å². The Bertz CT molecular complexity index is 575. The standard InChI is InChI=1S/C22H32O2/c1-4-21-13-14(3)20-17-9-7-16(23)12-15(17)6-8-18(20)19(21)10-11-22(21,24)5-2/h2,15-20,23-24H,3-4,6-13H2,1H3/t15-,16-,17+,18+,19+,20-,21+,22+/m1/s1. The van der Waals surface area contributed by atoms with Crippen molar-refractivity contribution < 1.29 is 10.2 Å². The van der Waals surface area contributed by atoms with Gasteiger partial charge in [0.2, 0.25) is 0 Å². The smallest absolute Gasteiger partial charge is 0.131 e. The van der Waals surface area contributed by atoms with Crippen LogP contribution in [0.5, 0.6) is 0 Å². The van der Waals surface area contributed by atoms with Crippen LogP contribution in [0.4, 0.5) is 0 Å². The first-order valence-corrected chi connectivity index (χ1v) is 10.0. The molecule has 0 aromatic rings. The molecule has 0 radical (unpaired) electrons. The van der Waals surface area contributed by atoms with Gasteiger partial charge in [0.25, 0.3) is 0 Å². The summed E-state index contributed by atoms with van der Waals surface area (Å²) >= 11 is 0. The maximum atomic E-state index is 11.2. The van der Waals surface area contributed by atoms with Crippen LogP contribution in [0.3, 0.4) is 0 Å². The zero-order valence-corrected chi connectivity index (χ0v) is 15.0. The Balaban J connectivity index is 1.69. The van der Waals surface area contributed by atoms with Crippen LogP contribution in [0, 0.1) is 47.3 Å². The van der Waals surface area contributed by atoms with E-state index in [0.717, 1.165) is 44.9 Å². The van der Waals surface area contributed by atoms with Crippen LogP contribution in [0.1, 0.15) is 64.7 Å². The molecule has 0 spiro atoms. The lowest BCUT2D eigenvalue weighted by atomic mass is 9.47. The topological polar surface area (TPSA) is 40.5 Å². The van der Waals surface area contributed by atoms with Crippen molar-refractivity contribution in [3.63, 3.8) is 0 Å². The Hall–Kier alpha value is -0.780. The highest BCUT2D eigenvalue weighted by molar-refractivity contribution is 5.30. The zero-order valence-electron chi connectivity index (χ0n) is 15.0. The molecule has 4 aliphatic rings. The van der Waals surface area contributed by atoms with Crippen molar-refractivity contribution in [2.45, 2.75) is 76.4 Å². The third kappa shape index (κ3) is 2.04. The summed E-state index contributed by atoms with van der Waals surface area (Å²) in [6.07, 6.45) is 15.0. The van der Waals surface area contributed by atoms with Crippen LogP contribution in [-0.2, 0) is 0 Å². The Morgan fingerprint density at radius 1 is 1.21 bits per heavy atom. The van der Waals surface area contributed by atoms with Crippen LogP contribution < -0.4 is 0 Å². The van der Waals surface area contributed by atoms with E-state index in [9.17, 15) is 10.2 Å². The Morgan fingerprint density at radius 2 is 1.96 bits per heavy atom. The largest absolute Gasteiger partial charge is 0.393 e. The minimum atomic E-state index is -0.945. The summed E-state index contributed by atoms with van der Waals surface area (Å²) in [5.41, 5.74) is 0.251. The predicted octanol–water partition coefficient (Wildman–Crippen LogP) is 3.92. The number of hydrogen-bond donors (Lipinski definition) is 2. The van der Waals surface area contributed by atoms with Crippen molar-refractivity contribution in [3.05, 3.63) is 12.2 Å². The first kappa shape index (κ1) is 16.7. The molecular formula is C22H32O2. The molecule has 0 heterocycles. The molecule has 132 valence electrons. The molecule has 0 amide bonds. The van der Waals surface area contributed by atoms with E-state index >= 15 is 0 Å². The molecular weight excluding hydrogens is 296 g/mol. The Morgan fingerprint density at radius 3 is 2.67 bits per heavy atom. The fourth-order valence-corrected chi connectivity index (χ4v) is 7.54. The summed E-state index contributed by atoms with van der Waals surface area (Å²) in [4.78, 5) is 0. The SMILES string of the molecule is C#C[C@]1(O)CC[C@H]2[C@@H]3CC[C@@H]4C[C@H](O)CC[C@@H]4[C@H]3C(=C)C[C@@]21CC. The van der Waals surface area contributed by atoms with Gasteiger partial charge in [-0.2, -0.15) is 0 Å². The van der Waals surface area contributed by atoms with E-state index < -0.39 is 5.60 Å². The van der Waals surface area contributed by atoms with Crippen molar-refractivity contribution >= 4 is 0 Å². The molecule has 2 N–H and O–H groups in total. The van der Waals surface area contributed by atoms with Gasteiger partial charge in [-0.1, -0.05) is 25.0 Å². The van der Waals surface area contributed by atoms with Gasteiger partial charge >= 0.3 is 0 Å². The molecule has 4 fully saturated rings. The summed E-state index contributed by atoms with van der Waals surface area (Å²) < 4.78 is 0.